The van der Waals surface area contributed by atoms with Gasteiger partial charge < -0.3 is 15.2 Å². The lowest BCUT2D eigenvalue weighted by molar-refractivity contribution is 0.350. The average Bonchev–Trinajstić information content (AvgIpc) is 2.35. The van der Waals surface area contributed by atoms with Crippen molar-refractivity contribution >= 4 is 12.4 Å². The monoisotopic (exact) mass is 291 g/mol. The third-order valence-electron chi connectivity index (χ3n) is 2.96. The predicted molar refractivity (Wildman–Crippen MR) is 77.8 cm³/mol. The second kappa shape index (κ2) is 8.23. The zero-order valence-electron chi connectivity index (χ0n) is 11.9. The number of hydrogen-bond donors (Lipinski definition) is 1. The minimum absolute atomic E-state index is 0. The maximum absolute atomic E-state index is 13.9. The molecule has 1 aromatic carbocycles. The number of benzene rings is 1. The van der Waals surface area contributed by atoms with Crippen molar-refractivity contribution in [3.63, 3.8) is 0 Å². The summed E-state index contributed by atoms with van der Waals surface area (Å²) >= 11 is 0. The molecular formula is C14H23ClFNO2. The third-order valence-corrected chi connectivity index (χ3v) is 2.96. The summed E-state index contributed by atoms with van der Waals surface area (Å²) in [5.74, 6) is 1.10. The van der Waals surface area contributed by atoms with Gasteiger partial charge in [-0.1, -0.05) is 13.8 Å². The summed E-state index contributed by atoms with van der Waals surface area (Å²) in [4.78, 5) is 0. The molecule has 0 saturated carbocycles. The van der Waals surface area contributed by atoms with Crippen LogP contribution in [0.4, 0.5) is 4.39 Å². The van der Waals surface area contributed by atoms with E-state index in [0.29, 0.717) is 23.0 Å². The smallest absolute Gasteiger partial charge is 0.163 e. The van der Waals surface area contributed by atoms with Crippen molar-refractivity contribution in [1.29, 1.82) is 0 Å². The van der Waals surface area contributed by atoms with Gasteiger partial charge in [-0.2, -0.15) is 0 Å². The van der Waals surface area contributed by atoms with Crippen molar-refractivity contribution in [3.05, 3.63) is 23.5 Å². The molecule has 19 heavy (non-hydrogen) atoms. The Hall–Kier alpha value is -1.00. The molecule has 1 rings (SSSR count). The fourth-order valence-corrected chi connectivity index (χ4v) is 1.82. The largest absolute Gasteiger partial charge is 0.493 e. The van der Waals surface area contributed by atoms with Gasteiger partial charge in [-0.15, -0.1) is 12.4 Å². The van der Waals surface area contributed by atoms with Crippen LogP contribution in [0.25, 0.3) is 0 Å². The highest BCUT2D eigenvalue weighted by Gasteiger charge is 2.16. The molecule has 0 aromatic heterocycles. The summed E-state index contributed by atoms with van der Waals surface area (Å²) in [5, 5.41) is 0. The summed E-state index contributed by atoms with van der Waals surface area (Å²) in [6.07, 6.45) is 1.72. The number of ether oxygens (including phenoxy) is 2. The molecule has 0 amide bonds. The van der Waals surface area contributed by atoms with E-state index in [4.69, 9.17) is 15.2 Å². The zero-order valence-corrected chi connectivity index (χ0v) is 12.7. The second-order valence-corrected chi connectivity index (χ2v) is 4.81. The minimum atomic E-state index is -0.344. The Morgan fingerprint density at radius 3 is 2.11 bits per heavy atom. The summed E-state index contributed by atoms with van der Waals surface area (Å²) in [6.45, 7) is 4.25. The van der Waals surface area contributed by atoms with Crippen molar-refractivity contribution in [3.8, 4) is 11.5 Å². The molecule has 0 radical (unpaired) electrons. The molecule has 0 unspecified atom stereocenters. The van der Waals surface area contributed by atoms with Crippen LogP contribution in [0.5, 0.6) is 11.5 Å². The molecule has 0 aliphatic heterocycles. The maximum atomic E-state index is 13.9. The lowest BCUT2D eigenvalue weighted by Crippen LogP contribution is -2.13. The molecule has 0 spiro atoms. The first-order valence-corrected chi connectivity index (χ1v) is 6.16. The Morgan fingerprint density at radius 2 is 1.63 bits per heavy atom. The van der Waals surface area contributed by atoms with Crippen LogP contribution >= 0.6 is 12.4 Å². The van der Waals surface area contributed by atoms with Crippen LogP contribution in [-0.4, -0.2) is 14.2 Å². The minimum Gasteiger partial charge on any atom is -0.493 e. The first-order chi connectivity index (χ1) is 8.49. The van der Waals surface area contributed by atoms with Crippen LogP contribution < -0.4 is 15.2 Å². The molecule has 1 atom stereocenters. The molecule has 5 heteroatoms. The van der Waals surface area contributed by atoms with Crippen molar-refractivity contribution in [2.45, 2.75) is 32.7 Å². The third kappa shape index (κ3) is 4.88. The van der Waals surface area contributed by atoms with E-state index < -0.39 is 0 Å². The molecule has 0 fully saturated rings. The van der Waals surface area contributed by atoms with E-state index >= 15 is 0 Å². The van der Waals surface area contributed by atoms with E-state index in [9.17, 15) is 4.39 Å². The Balaban J connectivity index is 0.00000324. The average molecular weight is 292 g/mol. The van der Waals surface area contributed by atoms with Gasteiger partial charge in [-0.3, -0.25) is 0 Å². The first kappa shape index (κ1) is 18.0. The van der Waals surface area contributed by atoms with E-state index in [-0.39, 0.29) is 24.3 Å². The lowest BCUT2D eigenvalue weighted by atomic mass is 9.97. The van der Waals surface area contributed by atoms with Crippen molar-refractivity contribution in [2.24, 2.45) is 11.7 Å². The van der Waals surface area contributed by atoms with Gasteiger partial charge in [0.2, 0.25) is 0 Å². The van der Waals surface area contributed by atoms with Gasteiger partial charge in [0.25, 0.3) is 0 Å². The molecule has 0 aliphatic carbocycles. The maximum Gasteiger partial charge on any atom is 0.163 e. The lowest BCUT2D eigenvalue weighted by Gasteiger charge is -2.17. The number of halogens is 2. The van der Waals surface area contributed by atoms with Crippen LogP contribution in [-0.2, 0) is 0 Å². The van der Waals surface area contributed by atoms with Gasteiger partial charge in [-0.25, -0.2) is 4.39 Å². The number of hydrogen-bond acceptors (Lipinski definition) is 3. The highest BCUT2D eigenvalue weighted by atomic mass is 35.5. The normalized spacial score (nSPS) is 11.9. The quantitative estimate of drug-likeness (QED) is 0.869. The van der Waals surface area contributed by atoms with Crippen molar-refractivity contribution in [1.82, 2.24) is 0 Å². The van der Waals surface area contributed by atoms with Crippen LogP contribution in [0.3, 0.4) is 0 Å². The van der Waals surface area contributed by atoms with E-state index in [2.05, 4.69) is 13.8 Å². The van der Waals surface area contributed by atoms with Crippen molar-refractivity contribution < 1.29 is 13.9 Å². The van der Waals surface area contributed by atoms with Crippen LogP contribution in [0.1, 0.15) is 38.3 Å². The molecule has 0 bridgehead atoms. The fraction of sp³-hybridized carbons (Fsp3) is 0.571. The molecule has 0 aliphatic rings. The highest BCUT2D eigenvalue weighted by molar-refractivity contribution is 5.85. The topological polar surface area (TPSA) is 44.5 Å². The van der Waals surface area contributed by atoms with Gasteiger partial charge in [0.1, 0.15) is 5.82 Å². The molecule has 3 nitrogen and oxygen atoms in total. The van der Waals surface area contributed by atoms with Crippen LogP contribution in [0.15, 0.2) is 12.1 Å². The highest BCUT2D eigenvalue weighted by Crippen LogP contribution is 2.33. The standard InChI is InChI=1S/C14H22FNO2.ClH/c1-9(2)5-6-12(16)10-7-13(17-3)14(18-4)8-11(10)15;/h7-9,12H,5-6,16H2,1-4H3;1H/t12-;/m0./s1. The Kier molecular flexibility index (Phi) is 7.79. The summed E-state index contributed by atoms with van der Waals surface area (Å²) < 4.78 is 24.1. The molecule has 110 valence electrons. The number of rotatable bonds is 6. The molecule has 2 N–H and O–H groups in total. The molecule has 1 aromatic rings. The predicted octanol–water partition coefficient (Wildman–Crippen LogP) is 3.70. The Bertz CT molecular complexity index is 399. The molecule has 0 saturated heterocycles. The van der Waals surface area contributed by atoms with Gasteiger partial charge in [0.15, 0.2) is 11.5 Å². The second-order valence-electron chi connectivity index (χ2n) is 4.81. The van der Waals surface area contributed by atoms with E-state index in [1.165, 1.54) is 20.3 Å². The van der Waals surface area contributed by atoms with E-state index in [1.54, 1.807) is 6.07 Å². The number of nitrogens with two attached hydrogens (primary N) is 1. The van der Waals surface area contributed by atoms with Crippen molar-refractivity contribution in [2.75, 3.05) is 14.2 Å². The Morgan fingerprint density at radius 1 is 1.11 bits per heavy atom. The zero-order chi connectivity index (χ0) is 13.7. The molecule has 0 heterocycles. The summed E-state index contributed by atoms with van der Waals surface area (Å²) in [6, 6.07) is 2.63. The van der Waals surface area contributed by atoms with Gasteiger partial charge in [0.05, 0.1) is 14.2 Å². The van der Waals surface area contributed by atoms with Gasteiger partial charge in [-0.05, 0) is 24.8 Å². The number of methoxy groups -OCH3 is 2. The van der Waals surface area contributed by atoms with Crippen LogP contribution in [0, 0.1) is 11.7 Å². The first-order valence-electron chi connectivity index (χ1n) is 6.16. The Labute approximate surface area is 120 Å². The van der Waals surface area contributed by atoms with Gasteiger partial charge in [0, 0.05) is 17.7 Å². The fourth-order valence-electron chi connectivity index (χ4n) is 1.82. The molecular weight excluding hydrogens is 269 g/mol. The van der Waals surface area contributed by atoms with Gasteiger partial charge >= 0.3 is 0 Å². The summed E-state index contributed by atoms with van der Waals surface area (Å²) in [7, 11) is 3.01. The van der Waals surface area contributed by atoms with Crippen LogP contribution in [0.2, 0.25) is 0 Å². The SMILES string of the molecule is COc1cc(F)c([C@@H](N)CCC(C)C)cc1OC.Cl. The van der Waals surface area contributed by atoms with E-state index in [1.807, 2.05) is 0 Å². The summed E-state index contributed by atoms with van der Waals surface area (Å²) in [5.41, 5.74) is 6.50. The van der Waals surface area contributed by atoms with E-state index in [0.717, 1.165) is 12.8 Å².